The number of nitrogens with one attached hydrogen (secondary N) is 1. The summed E-state index contributed by atoms with van der Waals surface area (Å²) in [6.07, 6.45) is 4.45. The molecule has 2 rings (SSSR count). The van der Waals surface area contributed by atoms with Gasteiger partial charge >= 0.3 is 0 Å². The second kappa shape index (κ2) is 3.15. The lowest BCUT2D eigenvalue weighted by atomic mass is 10.3. The van der Waals surface area contributed by atoms with Crippen LogP contribution in [-0.4, -0.2) is 28.2 Å². The number of likely N-dealkylation sites (tertiary alicyclic amines) is 1. The molecule has 0 aliphatic carbocycles. The van der Waals surface area contributed by atoms with E-state index >= 15 is 0 Å². The van der Waals surface area contributed by atoms with Gasteiger partial charge in [-0.05, 0) is 25.9 Å². The third-order valence-electron chi connectivity index (χ3n) is 2.34. The molecular weight excluding hydrogens is 152 g/mol. The van der Waals surface area contributed by atoms with Crippen LogP contribution in [0.4, 0.5) is 5.82 Å². The van der Waals surface area contributed by atoms with Crippen molar-refractivity contribution in [2.24, 2.45) is 0 Å². The van der Waals surface area contributed by atoms with Crippen molar-refractivity contribution in [2.45, 2.75) is 19.4 Å². The van der Waals surface area contributed by atoms with E-state index in [1.54, 1.807) is 0 Å². The predicted octanol–water partition coefficient (Wildman–Crippen LogP) is 0.588. The van der Waals surface area contributed by atoms with Crippen LogP contribution >= 0.6 is 0 Å². The van der Waals surface area contributed by atoms with Crippen molar-refractivity contribution >= 4 is 5.82 Å². The van der Waals surface area contributed by atoms with Crippen molar-refractivity contribution in [3.05, 3.63) is 11.8 Å². The first-order valence-electron chi connectivity index (χ1n) is 4.36. The fourth-order valence-electron chi connectivity index (χ4n) is 1.63. The van der Waals surface area contributed by atoms with Gasteiger partial charge in [-0.25, -0.2) is 0 Å². The summed E-state index contributed by atoms with van der Waals surface area (Å²) >= 11 is 0. The van der Waals surface area contributed by atoms with Crippen molar-refractivity contribution in [3.8, 4) is 0 Å². The van der Waals surface area contributed by atoms with Crippen LogP contribution < -0.4 is 5.73 Å². The number of H-pyrrole nitrogens is 1. The van der Waals surface area contributed by atoms with E-state index in [9.17, 15) is 0 Å². The van der Waals surface area contributed by atoms with Gasteiger partial charge in [0.2, 0.25) is 0 Å². The SMILES string of the molecule is Nc1[nH]ncc1CN1CCCC1. The number of nitrogens with two attached hydrogens (primary N) is 1. The standard InChI is InChI=1S/C8H14N4/c9-8-7(5-10-11-8)6-12-3-1-2-4-12/h5H,1-4,6H2,(H3,9,10,11). The molecule has 4 nitrogen and oxygen atoms in total. The first kappa shape index (κ1) is 7.61. The van der Waals surface area contributed by atoms with E-state index in [4.69, 9.17) is 5.73 Å². The summed E-state index contributed by atoms with van der Waals surface area (Å²) in [6.45, 7) is 3.34. The Kier molecular flexibility index (Phi) is 1.99. The second-order valence-corrected chi connectivity index (χ2v) is 3.29. The van der Waals surface area contributed by atoms with Gasteiger partial charge in [-0.3, -0.25) is 10.00 Å². The second-order valence-electron chi connectivity index (χ2n) is 3.29. The Bertz CT molecular complexity index is 249. The predicted molar refractivity (Wildman–Crippen MR) is 47.5 cm³/mol. The van der Waals surface area contributed by atoms with Gasteiger partial charge in [-0.15, -0.1) is 0 Å². The Morgan fingerprint density at radius 1 is 1.50 bits per heavy atom. The van der Waals surface area contributed by atoms with Crippen molar-refractivity contribution in [2.75, 3.05) is 18.8 Å². The van der Waals surface area contributed by atoms with Gasteiger partial charge in [0.15, 0.2) is 0 Å². The van der Waals surface area contributed by atoms with Crippen LogP contribution in [0.25, 0.3) is 0 Å². The number of nitrogens with zero attached hydrogens (tertiary/aromatic N) is 2. The number of nitrogen functional groups attached to an aromatic ring is 1. The molecule has 0 saturated carbocycles. The molecular formula is C8H14N4. The average Bonchev–Trinajstić information content (AvgIpc) is 2.65. The lowest BCUT2D eigenvalue weighted by Crippen LogP contribution is -2.18. The number of hydrogen-bond donors (Lipinski definition) is 2. The van der Waals surface area contributed by atoms with E-state index in [0.717, 1.165) is 12.1 Å². The van der Waals surface area contributed by atoms with Crippen LogP contribution in [0.5, 0.6) is 0 Å². The minimum atomic E-state index is 0.710. The highest BCUT2D eigenvalue weighted by molar-refractivity contribution is 5.36. The summed E-state index contributed by atoms with van der Waals surface area (Å²) in [4.78, 5) is 2.40. The lowest BCUT2D eigenvalue weighted by molar-refractivity contribution is 0.332. The van der Waals surface area contributed by atoms with Crippen LogP contribution in [0.2, 0.25) is 0 Å². The summed E-state index contributed by atoms with van der Waals surface area (Å²) < 4.78 is 0. The monoisotopic (exact) mass is 166 g/mol. The fraction of sp³-hybridized carbons (Fsp3) is 0.625. The molecule has 0 aromatic carbocycles. The highest BCUT2D eigenvalue weighted by Gasteiger charge is 2.13. The van der Waals surface area contributed by atoms with E-state index in [1.165, 1.54) is 25.9 Å². The molecule has 1 saturated heterocycles. The summed E-state index contributed by atoms with van der Waals surface area (Å²) in [6, 6.07) is 0. The number of anilines is 1. The van der Waals surface area contributed by atoms with Crippen LogP contribution in [0, 0.1) is 0 Å². The topological polar surface area (TPSA) is 57.9 Å². The normalized spacial score (nSPS) is 18.7. The first-order chi connectivity index (χ1) is 5.86. The largest absolute Gasteiger partial charge is 0.384 e. The fourth-order valence-corrected chi connectivity index (χ4v) is 1.63. The zero-order valence-corrected chi connectivity index (χ0v) is 7.08. The molecule has 2 heterocycles. The molecule has 0 atom stereocenters. The minimum Gasteiger partial charge on any atom is -0.384 e. The molecule has 0 spiro atoms. The van der Waals surface area contributed by atoms with E-state index in [2.05, 4.69) is 15.1 Å². The van der Waals surface area contributed by atoms with Crippen molar-refractivity contribution in [1.82, 2.24) is 15.1 Å². The van der Waals surface area contributed by atoms with Gasteiger partial charge in [0.25, 0.3) is 0 Å². The maximum atomic E-state index is 5.67. The molecule has 1 aliphatic rings. The third-order valence-corrected chi connectivity index (χ3v) is 2.34. The van der Waals surface area contributed by atoms with Gasteiger partial charge in [0.05, 0.1) is 6.20 Å². The summed E-state index contributed by atoms with van der Waals surface area (Å²) in [5.41, 5.74) is 6.80. The van der Waals surface area contributed by atoms with Crippen molar-refractivity contribution < 1.29 is 0 Å². The molecule has 66 valence electrons. The Labute approximate surface area is 71.7 Å². The highest BCUT2D eigenvalue weighted by atomic mass is 15.2. The van der Waals surface area contributed by atoms with Crippen LogP contribution in [-0.2, 0) is 6.54 Å². The Hall–Kier alpha value is -1.03. The molecule has 1 aromatic heterocycles. The molecule has 1 aromatic rings. The minimum absolute atomic E-state index is 0.710. The number of rotatable bonds is 2. The molecule has 1 aliphatic heterocycles. The lowest BCUT2D eigenvalue weighted by Gasteiger charge is -2.12. The van der Waals surface area contributed by atoms with Crippen LogP contribution in [0.3, 0.4) is 0 Å². The van der Waals surface area contributed by atoms with Gasteiger partial charge in [-0.1, -0.05) is 0 Å². The molecule has 12 heavy (non-hydrogen) atoms. The highest BCUT2D eigenvalue weighted by Crippen LogP contribution is 2.14. The van der Waals surface area contributed by atoms with Gasteiger partial charge in [0, 0.05) is 12.1 Å². The van der Waals surface area contributed by atoms with E-state index in [-0.39, 0.29) is 0 Å². The maximum absolute atomic E-state index is 5.67. The average molecular weight is 166 g/mol. The van der Waals surface area contributed by atoms with Gasteiger partial charge in [-0.2, -0.15) is 5.10 Å². The Morgan fingerprint density at radius 3 is 2.83 bits per heavy atom. The number of aromatic nitrogens is 2. The first-order valence-corrected chi connectivity index (χ1v) is 4.36. The van der Waals surface area contributed by atoms with Crippen molar-refractivity contribution in [1.29, 1.82) is 0 Å². The van der Waals surface area contributed by atoms with Crippen LogP contribution in [0.15, 0.2) is 6.20 Å². The smallest absolute Gasteiger partial charge is 0.123 e. The van der Waals surface area contributed by atoms with E-state index in [0.29, 0.717) is 5.82 Å². The molecule has 0 radical (unpaired) electrons. The Morgan fingerprint density at radius 2 is 2.25 bits per heavy atom. The maximum Gasteiger partial charge on any atom is 0.123 e. The number of hydrogen-bond acceptors (Lipinski definition) is 3. The summed E-state index contributed by atoms with van der Waals surface area (Å²) in [5.74, 6) is 0.710. The molecule has 4 heteroatoms. The summed E-state index contributed by atoms with van der Waals surface area (Å²) in [7, 11) is 0. The molecule has 0 unspecified atom stereocenters. The van der Waals surface area contributed by atoms with E-state index in [1.807, 2.05) is 6.20 Å². The van der Waals surface area contributed by atoms with E-state index < -0.39 is 0 Å². The quantitative estimate of drug-likeness (QED) is 0.676. The van der Waals surface area contributed by atoms with Gasteiger partial charge < -0.3 is 5.73 Å². The number of aromatic amines is 1. The Balaban J connectivity index is 1.98. The third kappa shape index (κ3) is 1.43. The zero-order valence-electron chi connectivity index (χ0n) is 7.08. The molecule has 0 bridgehead atoms. The summed E-state index contributed by atoms with van der Waals surface area (Å²) in [5, 5.41) is 6.63. The zero-order chi connectivity index (χ0) is 8.39. The van der Waals surface area contributed by atoms with Gasteiger partial charge in [0.1, 0.15) is 5.82 Å². The molecule has 1 fully saturated rings. The van der Waals surface area contributed by atoms with Crippen molar-refractivity contribution in [3.63, 3.8) is 0 Å². The molecule has 3 N–H and O–H groups in total. The van der Waals surface area contributed by atoms with Crippen LogP contribution in [0.1, 0.15) is 18.4 Å². The molecule has 0 amide bonds.